The number of hydrogen-bond acceptors (Lipinski definition) is 2. The van der Waals surface area contributed by atoms with E-state index in [4.69, 9.17) is 11.6 Å². The van der Waals surface area contributed by atoms with E-state index in [1.807, 2.05) is 23.5 Å². The van der Waals surface area contributed by atoms with Crippen molar-refractivity contribution < 1.29 is 0 Å². The Hall–Kier alpha value is -0.830. The first-order valence-corrected chi connectivity index (χ1v) is 8.61. The maximum atomic E-state index is 6.33. The molecule has 1 aliphatic rings. The predicted molar refractivity (Wildman–Crippen MR) is 87.4 cm³/mol. The summed E-state index contributed by atoms with van der Waals surface area (Å²) < 4.78 is 0. The number of hydrogen-bond donors (Lipinski definition) is 0. The Balaban J connectivity index is 1.82. The summed E-state index contributed by atoms with van der Waals surface area (Å²) in [5.74, 6) is 0. The Labute approximate surface area is 130 Å². The molecule has 0 aliphatic carbocycles. The molecule has 0 radical (unpaired) electrons. The Bertz CT molecular complexity index is 538. The first-order chi connectivity index (χ1) is 9.84. The minimum atomic E-state index is 0.564. The van der Waals surface area contributed by atoms with Crippen molar-refractivity contribution in [2.45, 2.75) is 38.3 Å². The summed E-state index contributed by atoms with van der Waals surface area (Å²) in [7, 11) is 0. The van der Waals surface area contributed by atoms with E-state index in [0.29, 0.717) is 6.04 Å². The molecule has 0 amide bonds. The fraction of sp³-hybridized carbons (Fsp3) is 0.412. The second kappa shape index (κ2) is 6.75. The molecule has 0 saturated carbocycles. The molecule has 3 rings (SSSR count). The molecule has 1 aliphatic heterocycles. The maximum Gasteiger partial charge on any atom is 0.0451 e. The number of likely N-dealkylation sites (tertiary alicyclic amines) is 1. The molecule has 2 aromatic rings. The highest BCUT2D eigenvalue weighted by atomic mass is 35.5. The lowest BCUT2D eigenvalue weighted by molar-refractivity contribution is 0.195. The summed E-state index contributed by atoms with van der Waals surface area (Å²) in [6.07, 6.45) is 5.25. The van der Waals surface area contributed by atoms with Gasteiger partial charge in [-0.2, -0.15) is 0 Å². The monoisotopic (exact) mass is 305 g/mol. The van der Waals surface area contributed by atoms with Crippen LogP contribution in [0.4, 0.5) is 0 Å². The van der Waals surface area contributed by atoms with Gasteiger partial charge in [0.1, 0.15) is 0 Å². The van der Waals surface area contributed by atoms with Crippen LogP contribution in [0.3, 0.4) is 0 Å². The number of nitrogens with zero attached hydrogens (tertiary/aromatic N) is 1. The minimum Gasteiger partial charge on any atom is -0.291 e. The van der Waals surface area contributed by atoms with Crippen LogP contribution < -0.4 is 0 Å². The van der Waals surface area contributed by atoms with Crippen LogP contribution in [-0.4, -0.2) is 11.4 Å². The minimum absolute atomic E-state index is 0.564. The van der Waals surface area contributed by atoms with Gasteiger partial charge >= 0.3 is 0 Å². The van der Waals surface area contributed by atoms with Gasteiger partial charge in [0.2, 0.25) is 0 Å². The van der Waals surface area contributed by atoms with Gasteiger partial charge in [-0.3, -0.25) is 4.90 Å². The molecule has 1 nitrogen and oxygen atoms in total. The van der Waals surface area contributed by atoms with Crippen molar-refractivity contribution in [3.8, 4) is 0 Å². The molecule has 20 heavy (non-hydrogen) atoms. The Morgan fingerprint density at radius 2 is 2.00 bits per heavy atom. The molecule has 0 N–H and O–H groups in total. The van der Waals surface area contributed by atoms with E-state index >= 15 is 0 Å². The third-order valence-electron chi connectivity index (χ3n) is 4.07. The van der Waals surface area contributed by atoms with E-state index in [0.717, 1.165) is 11.6 Å². The molecule has 0 spiro atoms. The van der Waals surface area contributed by atoms with Gasteiger partial charge in [0.15, 0.2) is 0 Å². The van der Waals surface area contributed by atoms with Gasteiger partial charge in [-0.15, -0.1) is 11.3 Å². The number of benzene rings is 1. The largest absolute Gasteiger partial charge is 0.291 e. The molecule has 1 atom stereocenters. The third kappa shape index (κ3) is 3.25. The van der Waals surface area contributed by atoms with Crippen LogP contribution in [0.1, 0.15) is 42.2 Å². The van der Waals surface area contributed by atoms with Crippen molar-refractivity contribution in [1.29, 1.82) is 0 Å². The van der Waals surface area contributed by atoms with Crippen molar-refractivity contribution in [1.82, 2.24) is 4.90 Å². The molecule has 0 unspecified atom stereocenters. The van der Waals surface area contributed by atoms with Crippen LogP contribution in [0.2, 0.25) is 5.02 Å². The van der Waals surface area contributed by atoms with Crippen LogP contribution >= 0.6 is 22.9 Å². The number of rotatable bonds is 3. The summed E-state index contributed by atoms with van der Waals surface area (Å²) in [6, 6.07) is 13.2. The lowest BCUT2D eigenvalue weighted by Crippen LogP contribution is -2.27. The second-order valence-electron chi connectivity index (χ2n) is 5.44. The van der Waals surface area contributed by atoms with Crippen molar-refractivity contribution >= 4 is 22.9 Å². The van der Waals surface area contributed by atoms with Crippen LogP contribution in [0.5, 0.6) is 0 Å². The smallest absolute Gasteiger partial charge is 0.0451 e. The predicted octanol–water partition coefficient (Wildman–Crippen LogP) is 5.52. The lowest BCUT2D eigenvalue weighted by Gasteiger charge is -2.29. The highest BCUT2D eigenvalue weighted by Gasteiger charge is 2.23. The SMILES string of the molecule is Clc1ccccc1CN1CCCCC[C@@H]1c1cccs1. The van der Waals surface area contributed by atoms with Crippen LogP contribution in [-0.2, 0) is 6.54 Å². The molecule has 3 heteroatoms. The summed E-state index contributed by atoms with van der Waals surface area (Å²) in [6.45, 7) is 2.13. The van der Waals surface area contributed by atoms with Gasteiger partial charge in [-0.25, -0.2) is 0 Å². The zero-order valence-electron chi connectivity index (χ0n) is 11.6. The van der Waals surface area contributed by atoms with Gasteiger partial charge in [0.05, 0.1) is 0 Å². The van der Waals surface area contributed by atoms with Crippen LogP contribution in [0.15, 0.2) is 41.8 Å². The fourth-order valence-electron chi connectivity index (χ4n) is 3.01. The summed E-state index contributed by atoms with van der Waals surface area (Å²) in [5.41, 5.74) is 1.25. The van der Waals surface area contributed by atoms with E-state index in [9.17, 15) is 0 Å². The number of halogens is 1. The maximum absolute atomic E-state index is 6.33. The fourth-order valence-corrected chi connectivity index (χ4v) is 4.10. The van der Waals surface area contributed by atoms with Crippen molar-refractivity contribution in [3.63, 3.8) is 0 Å². The molecule has 0 bridgehead atoms. The molecule has 1 saturated heterocycles. The van der Waals surface area contributed by atoms with E-state index in [1.54, 1.807) is 0 Å². The van der Waals surface area contributed by atoms with E-state index in [-0.39, 0.29) is 0 Å². The number of thiophene rings is 1. The molecule has 1 aromatic carbocycles. The zero-order chi connectivity index (χ0) is 13.8. The summed E-state index contributed by atoms with van der Waals surface area (Å²) in [5, 5.41) is 3.08. The van der Waals surface area contributed by atoms with Crippen LogP contribution in [0, 0.1) is 0 Å². The molecular formula is C17H20ClNS. The Kier molecular flexibility index (Phi) is 4.77. The lowest BCUT2D eigenvalue weighted by atomic mass is 10.1. The molecule has 1 fully saturated rings. The first kappa shape index (κ1) is 14.1. The highest BCUT2D eigenvalue weighted by molar-refractivity contribution is 7.10. The van der Waals surface area contributed by atoms with Crippen molar-refractivity contribution in [2.24, 2.45) is 0 Å². The first-order valence-electron chi connectivity index (χ1n) is 7.35. The molecule has 106 valence electrons. The topological polar surface area (TPSA) is 3.24 Å². The normalized spacial score (nSPS) is 20.8. The standard InChI is InChI=1S/C17H20ClNS/c18-15-8-4-3-7-14(15)13-19-11-5-1-2-9-16(19)17-10-6-12-20-17/h3-4,6-8,10,12,16H,1-2,5,9,11,13H2/t16-/m1/s1. The van der Waals surface area contributed by atoms with E-state index in [1.165, 1.54) is 42.7 Å². The summed E-state index contributed by atoms with van der Waals surface area (Å²) >= 11 is 8.22. The van der Waals surface area contributed by atoms with Gasteiger partial charge < -0.3 is 0 Å². The van der Waals surface area contributed by atoms with Gasteiger partial charge in [0.25, 0.3) is 0 Å². The van der Waals surface area contributed by atoms with Crippen LogP contribution in [0.25, 0.3) is 0 Å². The molecule has 1 aromatic heterocycles. The van der Waals surface area contributed by atoms with Gasteiger partial charge in [0, 0.05) is 22.5 Å². The van der Waals surface area contributed by atoms with E-state index < -0.39 is 0 Å². The molecule has 2 heterocycles. The quantitative estimate of drug-likeness (QED) is 0.722. The highest BCUT2D eigenvalue weighted by Crippen LogP contribution is 2.34. The second-order valence-corrected chi connectivity index (χ2v) is 6.83. The summed E-state index contributed by atoms with van der Waals surface area (Å²) in [4.78, 5) is 4.11. The third-order valence-corrected chi connectivity index (χ3v) is 5.41. The van der Waals surface area contributed by atoms with Gasteiger partial charge in [-0.1, -0.05) is 48.7 Å². The average molecular weight is 306 g/mol. The molecular weight excluding hydrogens is 286 g/mol. The Morgan fingerprint density at radius 1 is 1.10 bits per heavy atom. The van der Waals surface area contributed by atoms with Crippen molar-refractivity contribution in [2.75, 3.05) is 6.54 Å². The Morgan fingerprint density at radius 3 is 2.80 bits per heavy atom. The average Bonchev–Trinajstić information content (AvgIpc) is 2.89. The zero-order valence-corrected chi connectivity index (χ0v) is 13.2. The van der Waals surface area contributed by atoms with E-state index in [2.05, 4.69) is 34.5 Å². The van der Waals surface area contributed by atoms with Crippen molar-refractivity contribution in [3.05, 3.63) is 57.2 Å². The van der Waals surface area contributed by atoms with Gasteiger partial charge in [-0.05, 0) is 42.5 Å².